The fourth-order valence-corrected chi connectivity index (χ4v) is 3.19. The quantitative estimate of drug-likeness (QED) is 0.732. The predicted octanol–water partition coefficient (Wildman–Crippen LogP) is 0.102. The van der Waals surface area contributed by atoms with Crippen molar-refractivity contribution in [3.63, 3.8) is 0 Å². The van der Waals surface area contributed by atoms with Gasteiger partial charge in [-0.3, -0.25) is 4.79 Å². The summed E-state index contributed by atoms with van der Waals surface area (Å²) in [5, 5.41) is 9.03. The number of rotatable bonds is 2. The van der Waals surface area contributed by atoms with Crippen LogP contribution in [0, 0.1) is 0 Å². The van der Waals surface area contributed by atoms with Crippen LogP contribution >= 0.6 is 11.8 Å². The second kappa shape index (κ2) is 5.18. The zero-order valence-corrected chi connectivity index (χ0v) is 9.54. The van der Waals surface area contributed by atoms with Gasteiger partial charge in [-0.15, -0.1) is 0 Å². The Morgan fingerprint density at radius 3 is 2.87 bits per heavy atom. The van der Waals surface area contributed by atoms with E-state index in [-0.39, 0.29) is 25.2 Å². The normalized spacial score (nSPS) is 29.5. The molecule has 2 saturated heterocycles. The van der Waals surface area contributed by atoms with Crippen LogP contribution in [0.3, 0.4) is 0 Å². The third-order valence-corrected chi connectivity index (χ3v) is 4.05. The first-order chi connectivity index (χ1) is 7.31. The van der Waals surface area contributed by atoms with Crippen molar-refractivity contribution in [2.24, 2.45) is 0 Å². The van der Waals surface area contributed by atoms with E-state index in [4.69, 9.17) is 9.84 Å². The molecule has 0 spiro atoms. The van der Waals surface area contributed by atoms with Crippen molar-refractivity contribution >= 4 is 17.7 Å². The molecule has 86 valence electrons. The van der Waals surface area contributed by atoms with Gasteiger partial charge in [-0.1, -0.05) is 0 Å². The highest BCUT2D eigenvalue weighted by molar-refractivity contribution is 7.99. The molecule has 0 saturated carbocycles. The van der Waals surface area contributed by atoms with Crippen LogP contribution < -0.4 is 0 Å². The topological polar surface area (TPSA) is 49.8 Å². The van der Waals surface area contributed by atoms with Crippen molar-refractivity contribution in [3.8, 4) is 0 Å². The van der Waals surface area contributed by atoms with Crippen LogP contribution in [0.1, 0.15) is 12.8 Å². The standard InChI is InChI=1S/C10H17NO3S/c12-6-9-5-11(10(13)7-14-9)8-1-3-15-4-2-8/h8-9,12H,1-7H2. The van der Waals surface area contributed by atoms with Crippen molar-refractivity contribution in [2.75, 3.05) is 31.3 Å². The molecule has 1 atom stereocenters. The molecule has 2 heterocycles. The number of carbonyl (C=O) groups is 1. The summed E-state index contributed by atoms with van der Waals surface area (Å²) in [7, 11) is 0. The molecule has 0 aromatic carbocycles. The molecular formula is C10H17NO3S. The summed E-state index contributed by atoms with van der Waals surface area (Å²) in [4.78, 5) is 13.6. The van der Waals surface area contributed by atoms with Gasteiger partial charge < -0.3 is 14.7 Å². The van der Waals surface area contributed by atoms with Crippen molar-refractivity contribution in [1.29, 1.82) is 0 Å². The molecule has 5 heteroatoms. The van der Waals surface area contributed by atoms with Crippen LogP contribution in [0.5, 0.6) is 0 Å². The van der Waals surface area contributed by atoms with Gasteiger partial charge in [0, 0.05) is 12.6 Å². The Morgan fingerprint density at radius 1 is 1.47 bits per heavy atom. The van der Waals surface area contributed by atoms with Gasteiger partial charge in [-0.25, -0.2) is 0 Å². The number of morpholine rings is 1. The Morgan fingerprint density at radius 2 is 2.20 bits per heavy atom. The molecule has 1 unspecified atom stereocenters. The largest absolute Gasteiger partial charge is 0.394 e. The molecule has 1 N–H and O–H groups in total. The van der Waals surface area contributed by atoms with Gasteiger partial charge in [-0.2, -0.15) is 11.8 Å². The maximum Gasteiger partial charge on any atom is 0.248 e. The van der Waals surface area contributed by atoms with Gasteiger partial charge in [0.2, 0.25) is 5.91 Å². The van der Waals surface area contributed by atoms with E-state index in [9.17, 15) is 4.79 Å². The number of amides is 1. The summed E-state index contributed by atoms with van der Waals surface area (Å²) in [5.74, 6) is 2.36. The molecule has 2 aliphatic heterocycles. The molecule has 4 nitrogen and oxygen atoms in total. The number of aliphatic hydroxyl groups is 1. The lowest BCUT2D eigenvalue weighted by molar-refractivity contribution is -0.154. The minimum Gasteiger partial charge on any atom is -0.394 e. The summed E-state index contributed by atoms with van der Waals surface area (Å²) in [6, 6.07) is 0.372. The van der Waals surface area contributed by atoms with Gasteiger partial charge >= 0.3 is 0 Å². The number of carbonyl (C=O) groups excluding carboxylic acids is 1. The number of hydrogen-bond acceptors (Lipinski definition) is 4. The van der Waals surface area contributed by atoms with Crippen LogP contribution in [0.15, 0.2) is 0 Å². The minimum absolute atomic E-state index is 0.00521. The molecule has 0 aromatic rings. The molecule has 2 aliphatic rings. The Balaban J connectivity index is 1.95. The van der Waals surface area contributed by atoms with E-state index < -0.39 is 0 Å². The zero-order valence-electron chi connectivity index (χ0n) is 8.72. The van der Waals surface area contributed by atoms with E-state index in [0.29, 0.717) is 12.6 Å². The van der Waals surface area contributed by atoms with Crippen molar-refractivity contribution < 1.29 is 14.6 Å². The van der Waals surface area contributed by atoms with E-state index in [2.05, 4.69) is 0 Å². The highest BCUT2D eigenvalue weighted by Gasteiger charge is 2.31. The smallest absolute Gasteiger partial charge is 0.248 e. The van der Waals surface area contributed by atoms with Crippen LogP contribution in [-0.4, -0.2) is 59.3 Å². The first-order valence-electron chi connectivity index (χ1n) is 5.41. The van der Waals surface area contributed by atoms with Crippen molar-refractivity contribution in [1.82, 2.24) is 4.90 Å². The first-order valence-corrected chi connectivity index (χ1v) is 6.56. The second-order valence-corrected chi connectivity index (χ2v) is 5.23. The Labute approximate surface area is 94.0 Å². The van der Waals surface area contributed by atoms with Crippen LogP contribution in [0.4, 0.5) is 0 Å². The molecular weight excluding hydrogens is 214 g/mol. The number of aliphatic hydroxyl groups excluding tert-OH is 1. The fourth-order valence-electron chi connectivity index (χ4n) is 2.11. The lowest BCUT2D eigenvalue weighted by Gasteiger charge is -2.39. The van der Waals surface area contributed by atoms with Gasteiger partial charge in [0.25, 0.3) is 0 Å². The van der Waals surface area contributed by atoms with Gasteiger partial charge in [0.15, 0.2) is 0 Å². The number of thioether (sulfide) groups is 1. The van der Waals surface area contributed by atoms with Gasteiger partial charge in [-0.05, 0) is 24.3 Å². The summed E-state index contributed by atoms with van der Waals surface area (Å²) in [6.45, 7) is 0.699. The van der Waals surface area contributed by atoms with Gasteiger partial charge in [0.05, 0.1) is 12.7 Å². The van der Waals surface area contributed by atoms with Crippen LogP contribution in [0.25, 0.3) is 0 Å². The van der Waals surface area contributed by atoms with E-state index >= 15 is 0 Å². The summed E-state index contributed by atoms with van der Waals surface area (Å²) in [6.07, 6.45) is 1.97. The summed E-state index contributed by atoms with van der Waals surface area (Å²) >= 11 is 1.95. The zero-order chi connectivity index (χ0) is 10.7. The lowest BCUT2D eigenvalue weighted by atomic mass is 10.1. The summed E-state index contributed by atoms with van der Waals surface area (Å²) in [5.41, 5.74) is 0. The lowest BCUT2D eigenvalue weighted by Crippen LogP contribution is -2.53. The maximum absolute atomic E-state index is 11.7. The van der Waals surface area contributed by atoms with Crippen molar-refractivity contribution in [3.05, 3.63) is 0 Å². The Hall–Kier alpha value is -0.260. The molecule has 15 heavy (non-hydrogen) atoms. The van der Waals surface area contributed by atoms with Crippen molar-refractivity contribution in [2.45, 2.75) is 25.0 Å². The third kappa shape index (κ3) is 2.65. The maximum atomic E-state index is 11.7. The highest BCUT2D eigenvalue weighted by Crippen LogP contribution is 2.23. The van der Waals surface area contributed by atoms with E-state index in [1.54, 1.807) is 0 Å². The first kappa shape index (κ1) is 11.2. The minimum atomic E-state index is -0.183. The number of ether oxygens (including phenoxy) is 1. The second-order valence-electron chi connectivity index (χ2n) is 4.01. The van der Waals surface area contributed by atoms with Crippen LogP contribution in [-0.2, 0) is 9.53 Å². The fraction of sp³-hybridized carbons (Fsp3) is 0.900. The van der Waals surface area contributed by atoms with E-state index in [1.807, 2.05) is 16.7 Å². The summed E-state index contributed by atoms with van der Waals surface area (Å²) < 4.78 is 5.21. The molecule has 0 bridgehead atoms. The Kier molecular flexibility index (Phi) is 3.88. The van der Waals surface area contributed by atoms with Gasteiger partial charge in [0.1, 0.15) is 6.61 Å². The highest BCUT2D eigenvalue weighted by atomic mass is 32.2. The molecule has 2 rings (SSSR count). The predicted molar refractivity (Wildman–Crippen MR) is 58.9 cm³/mol. The Bertz CT molecular complexity index is 231. The average molecular weight is 231 g/mol. The van der Waals surface area contributed by atoms with E-state index in [0.717, 1.165) is 24.3 Å². The number of nitrogens with zero attached hydrogens (tertiary/aromatic N) is 1. The number of hydrogen-bond donors (Lipinski definition) is 1. The molecule has 1 amide bonds. The molecule has 0 aromatic heterocycles. The van der Waals surface area contributed by atoms with Crippen LogP contribution in [0.2, 0.25) is 0 Å². The van der Waals surface area contributed by atoms with E-state index in [1.165, 1.54) is 0 Å². The molecule has 0 radical (unpaired) electrons. The SMILES string of the molecule is O=C1COC(CO)CN1C1CCSCC1. The molecule has 2 fully saturated rings. The average Bonchev–Trinajstić information content (AvgIpc) is 2.31. The monoisotopic (exact) mass is 231 g/mol. The molecule has 0 aliphatic carbocycles. The third-order valence-electron chi connectivity index (χ3n) is 3.00.